The minimum Gasteiger partial charge on any atom is -0.388 e. The van der Waals surface area contributed by atoms with Crippen LogP contribution in [-0.4, -0.2) is 48.8 Å². The molecule has 5 heteroatoms. The maximum absolute atomic E-state index is 12.0. The number of likely N-dealkylation sites (N-methyl/N-ethyl adjacent to an activating group) is 1. The van der Waals surface area contributed by atoms with Gasteiger partial charge in [-0.1, -0.05) is 43.7 Å². The van der Waals surface area contributed by atoms with Crippen molar-refractivity contribution >= 4 is 6.03 Å². The molecule has 2 amide bonds. The second-order valence-corrected chi connectivity index (χ2v) is 6.97. The molecular formula is C18H31N3O2. The van der Waals surface area contributed by atoms with Gasteiger partial charge in [0, 0.05) is 13.1 Å². The van der Waals surface area contributed by atoms with E-state index in [0.29, 0.717) is 6.54 Å². The van der Waals surface area contributed by atoms with Gasteiger partial charge < -0.3 is 20.6 Å². The highest BCUT2D eigenvalue weighted by atomic mass is 16.3. The third-order valence-corrected chi connectivity index (χ3v) is 4.39. The van der Waals surface area contributed by atoms with Crippen LogP contribution in [0.1, 0.15) is 37.9 Å². The van der Waals surface area contributed by atoms with Gasteiger partial charge in [0.25, 0.3) is 0 Å². The molecule has 0 spiro atoms. The van der Waals surface area contributed by atoms with Crippen LogP contribution >= 0.6 is 0 Å². The first-order chi connectivity index (χ1) is 10.6. The number of rotatable bonds is 7. The van der Waals surface area contributed by atoms with Gasteiger partial charge in [0.05, 0.1) is 11.6 Å². The second-order valence-electron chi connectivity index (χ2n) is 6.97. The smallest absolute Gasteiger partial charge is 0.314 e. The average molecular weight is 321 g/mol. The van der Waals surface area contributed by atoms with Crippen molar-refractivity contribution in [2.45, 2.75) is 39.3 Å². The largest absolute Gasteiger partial charge is 0.388 e. The van der Waals surface area contributed by atoms with E-state index >= 15 is 0 Å². The van der Waals surface area contributed by atoms with Gasteiger partial charge in [0.1, 0.15) is 0 Å². The van der Waals surface area contributed by atoms with Gasteiger partial charge in [-0.3, -0.25) is 0 Å². The van der Waals surface area contributed by atoms with E-state index in [1.54, 1.807) is 6.92 Å². The summed E-state index contributed by atoms with van der Waals surface area (Å²) in [5, 5.41) is 15.8. The summed E-state index contributed by atoms with van der Waals surface area (Å²) in [6, 6.07) is 8.17. The summed E-state index contributed by atoms with van der Waals surface area (Å²) in [5.41, 5.74) is 1.47. The summed E-state index contributed by atoms with van der Waals surface area (Å²) in [6.45, 7) is 8.38. The Labute approximate surface area is 140 Å². The fourth-order valence-electron chi connectivity index (χ4n) is 2.10. The molecule has 0 aliphatic heterocycles. The first-order valence-corrected chi connectivity index (χ1v) is 8.10. The molecule has 0 fully saturated rings. The van der Waals surface area contributed by atoms with Gasteiger partial charge in [-0.05, 0) is 39.4 Å². The van der Waals surface area contributed by atoms with E-state index in [0.717, 1.165) is 5.56 Å². The van der Waals surface area contributed by atoms with Crippen molar-refractivity contribution in [2.24, 2.45) is 5.92 Å². The molecule has 23 heavy (non-hydrogen) atoms. The number of carbonyl (C=O) groups excluding carboxylic acids is 1. The summed E-state index contributed by atoms with van der Waals surface area (Å²) in [7, 11) is 3.99. The summed E-state index contributed by atoms with van der Waals surface area (Å²) < 4.78 is 0. The normalized spacial score (nSPS) is 15.3. The van der Waals surface area contributed by atoms with Crippen molar-refractivity contribution in [1.82, 2.24) is 15.5 Å². The van der Waals surface area contributed by atoms with Crippen molar-refractivity contribution < 1.29 is 9.90 Å². The van der Waals surface area contributed by atoms with E-state index in [9.17, 15) is 9.90 Å². The fourth-order valence-corrected chi connectivity index (χ4v) is 2.10. The van der Waals surface area contributed by atoms with Crippen molar-refractivity contribution in [3.05, 3.63) is 35.4 Å². The molecule has 3 N–H and O–H groups in total. The van der Waals surface area contributed by atoms with E-state index in [4.69, 9.17) is 0 Å². The van der Waals surface area contributed by atoms with Gasteiger partial charge in [-0.2, -0.15) is 0 Å². The van der Waals surface area contributed by atoms with Crippen LogP contribution in [0.4, 0.5) is 4.79 Å². The number of nitrogens with zero attached hydrogens (tertiary/aromatic N) is 1. The summed E-state index contributed by atoms with van der Waals surface area (Å²) in [4.78, 5) is 14.1. The minimum absolute atomic E-state index is 0.0740. The van der Waals surface area contributed by atoms with Crippen LogP contribution in [0.25, 0.3) is 0 Å². The molecule has 1 aromatic carbocycles. The molecule has 0 aromatic heterocycles. The zero-order valence-corrected chi connectivity index (χ0v) is 15.2. The third kappa shape index (κ3) is 6.20. The fraction of sp³-hybridized carbons (Fsp3) is 0.611. The van der Waals surface area contributed by atoms with E-state index in [1.165, 1.54) is 5.56 Å². The number of benzene rings is 1. The maximum Gasteiger partial charge on any atom is 0.314 e. The predicted molar refractivity (Wildman–Crippen MR) is 94.5 cm³/mol. The van der Waals surface area contributed by atoms with Gasteiger partial charge >= 0.3 is 6.03 Å². The van der Waals surface area contributed by atoms with E-state index in [-0.39, 0.29) is 24.5 Å². The monoisotopic (exact) mass is 321 g/mol. The van der Waals surface area contributed by atoms with Crippen molar-refractivity contribution in [2.75, 3.05) is 27.2 Å². The van der Waals surface area contributed by atoms with Crippen LogP contribution in [0.3, 0.4) is 0 Å². The lowest BCUT2D eigenvalue weighted by molar-refractivity contribution is 0.0166. The van der Waals surface area contributed by atoms with Gasteiger partial charge in [-0.25, -0.2) is 4.79 Å². The average Bonchev–Trinajstić information content (AvgIpc) is 2.46. The van der Waals surface area contributed by atoms with Crippen molar-refractivity contribution in [1.29, 1.82) is 0 Å². The Kier molecular flexibility index (Phi) is 7.03. The summed E-state index contributed by atoms with van der Waals surface area (Å²) >= 11 is 0. The molecule has 0 bridgehead atoms. The molecule has 1 aromatic rings. The Morgan fingerprint density at radius 1 is 1.22 bits per heavy atom. The topological polar surface area (TPSA) is 64.6 Å². The molecule has 2 atom stereocenters. The SMILES string of the molecule is Cc1ccc(C(CNC(=O)NCC(C)(O)C(C)C)N(C)C)cc1. The molecule has 1 rings (SSSR count). The molecular weight excluding hydrogens is 290 g/mol. The molecule has 2 unspecified atom stereocenters. The molecule has 0 aliphatic rings. The van der Waals surface area contributed by atoms with Crippen LogP contribution in [0.5, 0.6) is 0 Å². The Morgan fingerprint density at radius 3 is 2.26 bits per heavy atom. The predicted octanol–water partition coefficient (Wildman–Crippen LogP) is 2.30. The Bertz CT molecular complexity index is 495. The molecule has 0 saturated heterocycles. The zero-order valence-electron chi connectivity index (χ0n) is 15.2. The van der Waals surface area contributed by atoms with Crippen LogP contribution < -0.4 is 10.6 Å². The third-order valence-electron chi connectivity index (χ3n) is 4.39. The molecule has 130 valence electrons. The van der Waals surface area contributed by atoms with Crippen molar-refractivity contribution in [3.8, 4) is 0 Å². The Balaban J connectivity index is 2.56. The molecule has 5 nitrogen and oxygen atoms in total. The quantitative estimate of drug-likeness (QED) is 0.722. The van der Waals surface area contributed by atoms with Crippen LogP contribution in [0, 0.1) is 12.8 Å². The highest BCUT2D eigenvalue weighted by molar-refractivity contribution is 5.73. The minimum atomic E-state index is -0.907. The molecule has 0 aliphatic carbocycles. The number of aryl methyl sites for hydroxylation is 1. The number of carbonyl (C=O) groups is 1. The van der Waals surface area contributed by atoms with Gasteiger partial charge in [0.15, 0.2) is 0 Å². The Hall–Kier alpha value is -1.59. The van der Waals surface area contributed by atoms with Gasteiger partial charge in [0.2, 0.25) is 0 Å². The zero-order chi connectivity index (χ0) is 17.6. The molecule has 0 radical (unpaired) electrons. The van der Waals surface area contributed by atoms with Crippen molar-refractivity contribution in [3.63, 3.8) is 0 Å². The van der Waals surface area contributed by atoms with Crippen LogP contribution in [0.2, 0.25) is 0 Å². The number of hydrogen-bond acceptors (Lipinski definition) is 3. The van der Waals surface area contributed by atoms with Crippen LogP contribution in [-0.2, 0) is 0 Å². The standard InChI is InChI=1S/C18H31N3O2/c1-13(2)18(4,23)12-20-17(22)19-11-16(21(5)6)15-9-7-14(3)8-10-15/h7-10,13,16,23H,11-12H2,1-6H3,(H2,19,20,22). The highest BCUT2D eigenvalue weighted by Crippen LogP contribution is 2.18. The first kappa shape index (κ1) is 19.5. The lowest BCUT2D eigenvalue weighted by atomic mass is 9.93. The number of urea groups is 1. The maximum atomic E-state index is 12.0. The lowest BCUT2D eigenvalue weighted by Crippen LogP contribution is -2.48. The Morgan fingerprint density at radius 2 is 1.78 bits per heavy atom. The van der Waals surface area contributed by atoms with Crippen LogP contribution in [0.15, 0.2) is 24.3 Å². The number of hydrogen-bond donors (Lipinski definition) is 3. The summed E-state index contributed by atoms with van der Waals surface area (Å²) in [6.07, 6.45) is 0. The second kappa shape index (κ2) is 8.31. The number of amides is 2. The molecule has 0 saturated carbocycles. The summed E-state index contributed by atoms with van der Waals surface area (Å²) in [5.74, 6) is 0.0740. The molecule has 0 heterocycles. The highest BCUT2D eigenvalue weighted by Gasteiger charge is 2.25. The lowest BCUT2D eigenvalue weighted by Gasteiger charge is -2.28. The van der Waals surface area contributed by atoms with E-state index in [2.05, 4.69) is 46.7 Å². The number of nitrogens with one attached hydrogen (secondary N) is 2. The first-order valence-electron chi connectivity index (χ1n) is 8.10. The van der Waals surface area contributed by atoms with E-state index in [1.807, 2.05) is 27.9 Å². The number of aliphatic hydroxyl groups is 1. The van der Waals surface area contributed by atoms with E-state index < -0.39 is 5.60 Å². The van der Waals surface area contributed by atoms with Gasteiger partial charge in [-0.15, -0.1) is 0 Å².